The maximum absolute atomic E-state index is 12.1. The second kappa shape index (κ2) is 4.70. The predicted octanol–water partition coefficient (Wildman–Crippen LogP) is 2.29. The zero-order valence-electron chi connectivity index (χ0n) is 10.8. The van der Waals surface area contributed by atoms with E-state index >= 15 is 0 Å². The number of para-hydroxylation sites is 1. The third kappa shape index (κ3) is 2.49. The van der Waals surface area contributed by atoms with Crippen LogP contribution in [0.1, 0.15) is 29.8 Å². The van der Waals surface area contributed by atoms with Crippen molar-refractivity contribution in [2.24, 2.45) is 11.1 Å². The summed E-state index contributed by atoms with van der Waals surface area (Å²) in [6.45, 7) is 1.38. The zero-order valence-corrected chi connectivity index (χ0v) is 10.8. The highest BCUT2D eigenvalue weighted by Gasteiger charge is 2.41. The van der Waals surface area contributed by atoms with E-state index in [4.69, 9.17) is 10.2 Å². The van der Waals surface area contributed by atoms with Gasteiger partial charge in [-0.2, -0.15) is 0 Å². The topological polar surface area (TPSA) is 68.3 Å². The molecule has 1 heterocycles. The van der Waals surface area contributed by atoms with E-state index in [0.29, 0.717) is 18.8 Å². The molecule has 0 radical (unpaired) electrons. The summed E-state index contributed by atoms with van der Waals surface area (Å²) in [5, 5.41) is 3.91. The maximum Gasteiger partial charge on any atom is 0.287 e. The molecule has 3 N–H and O–H groups in total. The number of hydrogen-bond donors (Lipinski definition) is 2. The van der Waals surface area contributed by atoms with E-state index in [1.54, 1.807) is 6.07 Å². The van der Waals surface area contributed by atoms with E-state index in [1.165, 1.54) is 0 Å². The first-order valence-corrected chi connectivity index (χ1v) is 6.69. The van der Waals surface area contributed by atoms with Crippen LogP contribution in [0.3, 0.4) is 0 Å². The van der Waals surface area contributed by atoms with Gasteiger partial charge in [0.25, 0.3) is 5.91 Å². The molecule has 1 fully saturated rings. The van der Waals surface area contributed by atoms with Gasteiger partial charge in [0, 0.05) is 11.9 Å². The van der Waals surface area contributed by atoms with Crippen LogP contribution in [0.4, 0.5) is 0 Å². The molecule has 4 nitrogen and oxygen atoms in total. The number of amides is 1. The van der Waals surface area contributed by atoms with Crippen LogP contribution in [0.25, 0.3) is 11.0 Å². The number of benzene rings is 1. The van der Waals surface area contributed by atoms with Crippen molar-refractivity contribution >= 4 is 16.9 Å². The minimum atomic E-state index is -0.139. The molecule has 0 bridgehead atoms. The third-order valence-electron chi connectivity index (χ3n) is 3.91. The van der Waals surface area contributed by atoms with E-state index in [-0.39, 0.29) is 11.3 Å². The molecule has 1 aromatic heterocycles. The minimum absolute atomic E-state index is 0.139. The molecule has 0 unspecified atom stereocenters. The lowest BCUT2D eigenvalue weighted by molar-refractivity contribution is 0.0918. The average Bonchev–Trinajstić information content (AvgIpc) is 3.04. The van der Waals surface area contributed by atoms with Crippen LogP contribution in [0.15, 0.2) is 34.7 Å². The summed E-state index contributed by atoms with van der Waals surface area (Å²) in [4.78, 5) is 12.1. The summed E-state index contributed by atoms with van der Waals surface area (Å²) in [6.07, 6.45) is 3.29. The summed E-state index contributed by atoms with van der Waals surface area (Å²) < 4.78 is 5.54. The standard InChI is InChI=1S/C15H18N2O2/c16-8-7-15(5-6-15)10-17-14(18)13-9-11-3-1-2-4-12(11)19-13/h1-4,9H,5-8,10,16H2,(H,17,18). The smallest absolute Gasteiger partial charge is 0.287 e. The number of fused-ring (bicyclic) bond motifs is 1. The second-order valence-electron chi connectivity index (χ2n) is 5.37. The normalized spacial score (nSPS) is 16.5. The Bertz CT molecular complexity index is 566. The minimum Gasteiger partial charge on any atom is -0.451 e. The molecular formula is C15H18N2O2. The fourth-order valence-corrected chi connectivity index (χ4v) is 2.45. The Hall–Kier alpha value is -1.81. The maximum atomic E-state index is 12.1. The van der Waals surface area contributed by atoms with Gasteiger partial charge in [-0.1, -0.05) is 18.2 Å². The van der Waals surface area contributed by atoms with Crippen molar-refractivity contribution < 1.29 is 9.21 Å². The van der Waals surface area contributed by atoms with Gasteiger partial charge in [-0.15, -0.1) is 0 Å². The summed E-state index contributed by atoms with van der Waals surface area (Å²) in [7, 11) is 0. The molecule has 1 aromatic carbocycles. The van der Waals surface area contributed by atoms with Crippen LogP contribution in [0.5, 0.6) is 0 Å². The van der Waals surface area contributed by atoms with Gasteiger partial charge in [-0.25, -0.2) is 0 Å². The molecule has 3 rings (SSSR count). The van der Waals surface area contributed by atoms with Gasteiger partial charge in [-0.3, -0.25) is 4.79 Å². The Balaban J connectivity index is 1.67. The lowest BCUT2D eigenvalue weighted by Gasteiger charge is -2.13. The summed E-state index contributed by atoms with van der Waals surface area (Å²) in [5.74, 6) is 0.240. The van der Waals surface area contributed by atoms with Crippen LogP contribution in [-0.2, 0) is 0 Å². The highest BCUT2D eigenvalue weighted by molar-refractivity contribution is 5.96. The monoisotopic (exact) mass is 258 g/mol. The van der Waals surface area contributed by atoms with Gasteiger partial charge in [0.2, 0.25) is 0 Å². The number of nitrogens with one attached hydrogen (secondary N) is 1. The van der Waals surface area contributed by atoms with E-state index in [9.17, 15) is 4.79 Å². The molecule has 0 spiro atoms. The summed E-state index contributed by atoms with van der Waals surface area (Å²) in [5.41, 5.74) is 6.58. The number of rotatable bonds is 5. The SMILES string of the molecule is NCCC1(CNC(=O)c2cc3ccccc3o2)CC1. The molecule has 100 valence electrons. The Morgan fingerprint density at radius 3 is 2.84 bits per heavy atom. The van der Waals surface area contributed by atoms with E-state index in [2.05, 4.69) is 5.32 Å². The largest absolute Gasteiger partial charge is 0.451 e. The number of nitrogens with two attached hydrogens (primary N) is 1. The van der Waals surface area contributed by atoms with Gasteiger partial charge in [0.05, 0.1) is 0 Å². The molecular weight excluding hydrogens is 240 g/mol. The Kier molecular flexibility index (Phi) is 3.03. The van der Waals surface area contributed by atoms with Crippen LogP contribution in [0.2, 0.25) is 0 Å². The molecule has 2 aromatic rings. The van der Waals surface area contributed by atoms with Gasteiger partial charge in [0.15, 0.2) is 5.76 Å². The number of carbonyl (C=O) groups excluding carboxylic acids is 1. The highest BCUT2D eigenvalue weighted by atomic mass is 16.3. The first kappa shape index (κ1) is 12.2. The molecule has 1 aliphatic rings. The van der Waals surface area contributed by atoms with Crippen molar-refractivity contribution in [1.82, 2.24) is 5.32 Å². The van der Waals surface area contributed by atoms with Crippen molar-refractivity contribution in [1.29, 1.82) is 0 Å². The van der Waals surface area contributed by atoms with Crippen LogP contribution >= 0.6 is 0 Å². The lowest BCUT2D eigenvalue weighted by atomic mass is 10.0. The molecule has 0 aliphatic heterocycles. The zero-order chi connectivity index (χ0) is 13.3. The van der Waals surface area contributed by atoms with Gasteiger partial charge >= 0.3 is 0 Å². The fourth-order valence-electron chi connectivity index (χ4n) is 2.45. The van der Waals surface area contributed by atoms with Crippen LogP contribution < -0.4 is 11.1 Å². The molecule has 19 heavy (non-hydrogen) atoms. The molecule has 1 saturated carbocycles. The quantitative estimate of drug-likeness (QED) is 0.864. The van der Waals surface area contributed by atoms with Crippen molar-refractivity contribution in [2.75, 3.05) is 13.1 Å². The van der Waals surface area contributed by atoms with Crippen molar-refractivity contribution in [3.63, 3.8) is 0 Å². The summed E-state index contributed by atoms with van der Waals surface area (Å²) in [6, 6.07) is 9.41. The fraction of sp³-hybridized carbons (Fsp3) is 0.400. The van der Waals surface area contributed by atoms with Crippen LogP contribution in [-0.4, -0.2) is 19.0 Å². The molecule has 4 heteroatoms. The molecule has 0 saturated heterocycles. The Morgan fingerprint density at radius 1 is 1.37 bits per heavy atom. The molecule has 1 amide bonds. The average molecular weight is 258 g/mol. The summed E-state index contributed by atoms with van der Waals surface area (Å²) >= 11 is 0. The second-order valence-corrected chi connectivity index (χ2v) is 5.37. The first-order chi connectivity index (χ1) is 9.22. The first-order valence-electron chi connectivity index (χ1n) is 6.69. The Labute approximate surface area is 112 Å². The van der Waals surface area contributed by atoms with Crippen LogP contribution in [0, 0.1) is 5.41 Å². The third-order valence-corrected chi connectivity index (χ3v) is 3.91. The van der Waals surface area contributed by atoms with E-state index in [1.807, 2.05) is 24.3 Å². The van der Waals surface area contributed by atoms with Gasteiger partial charge < -0.3 is 15.5 Å². The van der Waals surface area contributed by atoms with Crippen molar-refractivity contribution in [2.45, 2.75) is 19.3 Å². The predicted molar refractivity (Wildman–Crippen MR) is 73.9 cm³/mol. The number of furan rings is 1. The lowest BCUT2D eigenvalue weighted by Crippen LogP contribution is -2.31. The Morgan fingerprint density at radius 2 is 2.16 bits per heavy atom. The number of carbonyl (C=O) groups is 1. The number of hydrogen-bond acceptors (Lipinski definition) is 3. The van der Waals surface area contributed by atoms with Crippen molar-refractivity contribution in [3.8, 4) is 0 Å². The van der Waals surface area contributed by atoms with E-state index < -0.39 is 0 Å². The van der Waals surface area contributed by atoms with Gasteiger partial charge in [0.1, 0.15) is 5.58 Å². The van der Waals surface area contributed by atoms with E-state index in [0.717, 1.165) is 30.2 Å². The molecule has 1 aliphatic carbocycles. The molecule has 0 atom stereocenters. The highest BCUT2D eigenvalue weighted by Crippen LogP contribution is 2.47. The van der Waals surface area contributed by atoms with Gasteiger partial charge in [-0.05, 0) is 43.4 Å². The van der Waals surface area contributed by atoms with Crippen molar-refractivity contribution in [3.05, 3.63) is 36.1 Å².